The number of halogens is 1. The lowest BCUT2D eigenvalue weighted by atomic mass is 10.1. The molecule has 0 aliphatic rings. The molecule has 2 heterocycles. The average Bonchev–Trinajstić information content (AvgIpc) is 3.30. The summed E-state index contributed by atoms with van der Waals surface area (Å²) in [5, 5.41) is 9.16. The second-order valence-corrected chi connectivity index (χ2v) is 10.9. The molecule has 1 aromatic carbocycles. The number of nitriles is 1. The van der Waals surface area contributed by atoms with Gasteiger partial charge in [0.1, 0.15) is 33.4 Å². The minimum absolute atomic E-state index is 0.0239. The monoisotopic (exact) mass is 602 g/mol. The summed E-state index contributed by atoms with van der Waals surface area (Å²) >= 11 is 0.912. The van der Waals surface area contributed by atoms with Crippen molar-refractivity contribution in [3.8, 4) is 11.8 Å². The second-order valence-electron chi connectivity index (χ2n) is 9.90. The molecule has 0 fully saturated rings. The molecule has 0 saturated heterocycles. The Morgan fingerprint density at radius 3 is 2.50 bits per heavy atom. The lowest BCUT2D eigenvalue weighted by Gasteiger charge is -2.27. The molecule has 0 bridgehead atoms. The SMILES string of the molecule is CCOC(=O)c1sc2c(c1C)c(=O)n([C@@H](C)C(=O)N(C)C(C)C)c(=O)n2C[C@H](OCCC#N)c1cc(F)ccc1OC. The minimum Gasteiger partial charge on any atom is -0.496 e. The number of hydrogen-bond acceptors (Lipinski definition) is 9. The number of aromatic nitrogens is 2. The highest BCUT2D eigenvalue weighted by atomic mass is 32.1. The van der Waals surface area contributed by atoms with Crippen LogP contribution in [0.3, 0.4) is 0 Å². The third kappa shape index (κ3) is 6.39. The van der Waals surface area contributed by atoms with Gasteiger partial charge < -0.3 is 19.1 Å². The first kappa shape index (κ1) is 32.5. The zero-order chi connectivity index (χ0) is 31.3. The predicted molar refractivity (Wildman–Crippen MR) is 156 cm³/mol. The van der Waals surface area contributed by atoms with Crippen molar-refractivity contribution in [2.24, 2.45) is 0 Å². The molecule has 2 atom stereocenters. The van der Waals surface area contributed by atoms with Crippen molar-refractivity contribution < 1.29 is 28.2 Å². The summed E-state index contributed by atoms with van der Waals surface area (Å²) in [6.07, 6.45) is -0.982. The molecule has 0 spiro atoms. The van der Waals surface area contributed by atoms with Gasteiger partial charge in [0.2, 0.25) is 5.91 Å². The number of fused-ring (bicyclic) bond motifs is 1. The molecule has 1 amide bonds. The van der Waals surface area contributed by atoms with Crippen LogP contribution in [0.2, 0.25) is 0 Å². The molecule has 42 heavy (non-hydrogen) atoms. The fourth-order valence-corrected chi connectivity index (χ4v) is 5.72. The van der Waals surface area contributed by atoms with Crippen LogP contribution in [0, 0.1) is 24.1 Å². The maximum atomic E-state index is 14.4. The van der Waals surface area contributed by atoms with Crippen LogP contribution in [0.15, 0.2) is 27.8 Å². The molecule has 2 aromatic heterocycles. The Labute approximate surface area is 246 Å². The largest absolute Gasteiger partial charge is 0.496 e. The van der Waals surface area contributed by atoms with Crippen LogP contribution in [0.25, 0.3) is 10.2 Å². The number of ether oxygens (including phenoxy) is 3. The Hall–Kier alpha value is -4.02. The van der Waals surface area contributed by atoms with Crippen molar-refractivity contribution in [3.63, 3.8) is 0 Å². The van der Waals surface area contributed by atoms with Gasteiger partial charge in [-0.05, 0) is 58.4 Å². The fraction of sp³-hybridized carbons (Fsp3) is 0.483. The fourth-order valence-electron chi connectivity index (χ4n) is 4.53. The number of methoxy groups -OCH3 is 1. The van der Waals surface area contributed by atoms with Crippen LogP contribution in [0.5, 0.6) is 5.75 Å². The van der Waals surface area contributed by atoms with E-state index in [4.69, 9.17) is 19.5 Å². The van der Waals surface area contributed by atoms with Gasteiger partial charge in [-0.2, -0.15) is 5.26 Å². The number of hydrogen-bond donors (Lipinski definition) is 0. The number of esters is 1. The molecular formula is C29H35FN4O7S. The molecule has 0 unspecified atom stereocenters. The van der Waals surface area contributed by atoms with Gasteiger partial charge in [-0.1, -0.05) is 0 Å². The first-order valence-corrected chi connectivity index (χ1v) is 14.2. The van der Waals surface area contributed by atoms with E-state index in [1.54, 1.807) is 34.7 Å². The van der Waals surface area contributed by atoms with E-state index in [9.17, 15) is 23.6 Å². The van der Waals surface area contributed by atoms with Crippen molar-refractivity contribution in [2.75, 3.05) is 27.4 Å². The number of thiophene rings is 1. The highest BCUT2D eigenvalue weighted by Gasteiger charge is 2.31. The third-order valence-corrected chi connectivity index (χ3v) is 8.29. The Kier molecular flexibility index (Phi) is 10.6. The van der Waals surface area contributed by atoms with E-state index in [2.05, 4.69) is 0 Å². The molecule has 0 N–H and O–H groups in total. The van der Waals surface area contributed by atoms with Gasteiger partial charge in [-0.25, -0.2) is 18.5 Å². The van der Waals surface area contributed by atoms with E-state index < -0.39 is 41.1 Å². The molecule has 13 heteroatoms. The smallest absolute Gasteiger partial charge is 0.348 e. The van der Waals surface area contributed by atoms with Crippen LogP contribution in [0.4, 0.5) is 4.39 Å². The summed E-state index contributed by atoms with van der Waals surface area (Å²) in [5.74, 6) is -1.40. The highest BCUT2D eigenvalue weighted by Crippen LogP contribution is 2.33. The Morgan fingerprint density at radius 1 is 1.21 bits per heavy atom. The predicted octanol–water partition coefficient (Wildman–Crippen LogP) is 3.96. The van der Waals surface area contributed by atoms with Gasteiger partial charge in [0.15, 0.2) is 0 Å². The first-order valence-electron chi connectivity index (χ1n) is 13.4. The van der Waals surface area contributed by atoms with Gasteiger partial charge in [-0.3, -0.25) is 14.2 Å². The lowest BCUT2D eigenvalue weighted by molar-refractivity contribution is -0.134. The van der Waals surface area contributed by atoms with E-state index in [1.807, 2.05) is 6.07 Å². The number of nitrogens with zero attached hydrogens (tertiary/aromatic N) is 4. The first-order chi connectivity index (χ1) is 19.9. The molecule has 11 nitrogen and oxygen atoms in total. The molecule has 0 saturated carbocycles. The summed E-state index contributed by atoms with van der Waals surface area (Å²) in [7, 11) is 2.98. The Balaban J connectivity index is 2.36. The minimum atomic E-state index is -1.18. The number of carbonyl (C=O) groups excluding carboxylic acids is 2. The number of aryl methyl sites for hydroxylation is 1. The summed E-state index contributed by atoms with van der Waals surface area (Å²) in [4.78, 5) is 55.8. The maximum Gasteiger partial charge on any atom is 0.348 e. The number of amides is 1. The van der Waals surface area contributed by atoms with Crippen LogP contribution in [-0.2, 0) is 20.8 Å². The van der Waals surface area contributed by atoms with E-state index >= 15 is 0 Å². The second kappa shape index (κ2) is 13.8. The third-order valence-electron chi connectivity index (χ3n) is 6.99. The van der Waals surface area contributed by atoms with Crippen molar-refractivity contribution in [3.05, 3.63) is 60.9 Å². The topological polar surface area (TPSA) is 133 Å². The quantitative estimate of drug-likeness (QED) is 0.225. The van der Waals surface area contributed by atoms with Gasteiger partial charge in [0.25, 0.3) is 5.56 Å². The van der Waals surface area contributed by atoms with E-state index in [0.29, 0.717) is 5.56 Å². The van der Waals surface area contributed by atoms with Crippen LogP contribution < -0.4 is 16.0 Å². The normalized spacial score (nSPS) is 12.7. The molecule has 0 aliphatic carbocycles. The van der Waals surface area contributed by atoms with Gasteiger partial charge >= 0.3 is 11.7 Å². The van der Waals surface area contributed by atoms with Gasteiger partial charge in [0, 0.05) is 18.7 Å². The van der Waals surface area contributed by atoms with Crippen LogP contribution >= 0.6 is 11.3 Å². The number of rotatable bonds is 12. The van der Waals surface area contributed by atoms with E-state index in [1.165, 1.54) is 41.7 Å². The summed E-state index contributed by atoms with van der Waals surface area (Å²) in [6, 6.07) is 4.45. The van der Waals surface area contributed by atoms with Crippen molar-refractivity contribution >= 4 is 33.4 Å². The Morgan fingerprint density at radius 2 is 1.90 bits per heavy atom. The number of benzene rings is 1. The molecule has 3 rings (SSSR count). The molecule has 0 aliphatic heterocycles. The van der Waals surface area contributed by atoms with Crippen LogP contribution in [0.1, 0.15) is 67.1 Å². The maximum absolute atomic E-state index is 14.4. The van der Waals surface area contributed by atoms with Crippen molar-refractivity contribution in [2.45, 2.75) is 65.8 Å². The van der Waals surface area contributed by atoms with Crippen molar-refractivity contribution in [1.82, 2.24) is 14.0 Å². The Bertz CT molecular complexity index is 1640. The van der Waals surface area contributed by atoms with Crippen LogP contribution in [-0.4, -0.2) is 59.3 Å². The molecule has 226 valence electrons. The zero-order valence-corrected chi connectivity index (χ0v) is 25.5. The number of carbonyl (C=O) groups is 2. The summed E-state index contributed by atoms with van der Waals surface area (Å²) < 4.78 is 33.1. The molecule has 3 aromatic rings. The summed E-state index contributed by atoms with van der Waals surface area (Å²) in [6.45, 7) is 8.12. The van der Waals surface area contributed by atoms with Crippen molar-refractivity contribution in [1.29, 1.82) is 5.26 Å². The molecule has 0 radical (unpaired) electrons. The number of likely N-dealkylation sites (N-methyl/N-ethyl adjacent to an activating group) is 1. The van der Waals surface area contributed by atoms with Gasteiger partial charge in [0.05, 0.1) is 44.7 Å². The summed E-state index contributed by atoms with van der Waals surface area (Å²) in [5.41, 5.74) is -0.954. The standard InChI is InChI=1S/C29H35FN4O7S/c1-8-40-28(37)24-17(4)23-26(36)34(18(5)25(35)32(6)16(2)3)29(38)33(27(23)42-24)15-22(41-13-9-12-31)20-14-19(30)10-11-21(20)39-7/h10-11,14,16,18,22H,8-9,13,15H2,1-7H3/t18-,22-/m0/s1. The molecular weight excluding hydrogens is 567 g/mol. The van der Waals surface area contributed by atoms with Gasteiger partial charge in [-0.15, -0.1) is 11.3 Å². The lowest BCUT2D eigenvalue weighted by Crippen LogP contribution is -2.47. The zero-order valence-electron chi connectivity index (χ0n) is 24.7. The van der Waals surface area contributed by atoms with E-state index in [-0.39, 0.29) is 58.6 Å². The highest BCUT2D eigenvalue weighted by molar-refractivity contribution is 7.20. The average molecular weight is 603 g/mol. The van der Waals surface area contributed by atoms with E-state index in [0.717, 1.165) is 15.9 Å².